The fraction of sp³-hybridized carbons (Fsp3) is 0.455. The van der Waals surface area contributed by atoms with Gasteiger partial charge in [-0.05, 0) is 40.4 Å². The molecule has 1 rings (SSSR count). The Labute approximate surface area is 88.7 Å². The van der Waals surface area contributed by atoms with Gasteiger partial charge in [0.25, 0.3) is 0 Å². The van der Waals surface area contributed by atoms with Gasteiger partial charge in [-0.2, -0.15) is 0 Å². The van der Waals surface area contributed by atoms with Gasteiger partial charge < -0.3 is 5.32 Å². The van der Waals surface area contributed by atoms with E-state index in [2.05, 4.69) is 47.2 Å². The Morgan fingerprint density at radius 3 is 2.62 bits per heavy atom. The zero-order chi connectivity index (χ0) is 9.68. The predicted octanol–water partition coefficient (Wildman–Crippen LogP) is 3.91. The van der Waals surface area contributed by atoms with Crippen LogP contribution in [0.15, 0.2) is 28.7 Å². The van der Waals surface area contributed by atoms with Gasteiger partial charge in [-0.25, -0.2) is 0 Å². The molecule has 0 saturated carbocycles. The lowest BCUT2D eigenvalue weighted by molar-refractivity contribution is 0.607. The number of para-hydroxylation sites is 1. The van der Waals surface area contributed by atoms with Crippen molar-refractivity contribution in [3.63, 3.8) is 0 Å². The molecule has 0 atom stereocenters. The minimum atomic E-state index is 0.759. The van der Waals surface area contributed by atoms with E-state index in [1.165, 1.54) is 12.1 Å². The number of nitrogens with one attached hydrogen (secondary N) is 1. The van der Waals surface area contributed by atoms with Gasteiger partial charge in [-0.15, -0.1) is 0 Å². The summed E-state index contributed by atoms with van der Waals surface area (Å²) in [6, 6.07) is 8.21. The van der Waals surface area contributed by atoms with Gasteiger partial charge in [-0.3, -0.25) is 0 Å². The van der Waals surface area contributed by atoms with Crippen LogP contribution in [0.3, 0.4) is 0 Å². The first-order valence-corrected chi connectivity index (χ1v) is 5.48. The summed E-state index contributed by atoms with van der Waals surface area (Å²) in [6.07, 6.45) is 1.21. The van der Waals surface area contributed by atoms with Crippen molar-refractivity contribution in [3.8, 4) is 0 Å². The third-order valence-electron chi connectivity index (χ3n) is 1.91. The summed E-state index contributed by atoms with van der Waals surface area (Å²) < 4.78 is 1.14. The van der Waals surface area contributed by atoms with Crippen molar-refractivity contribution >= 4 is 21.6 Å². The standard InChI is InChI=1S/C11H16BrN/c1-9(2)7-8-13-11-6-4-3-5-10(11)12/h3-6,9,13H,7-8H2,1-2H3. The molecule has 1 N–H and O–H groups in total. The van der Waals surface area contributed by atoms with Gasteiger partial charge in [-0.1, -0.05) is 26.0 Å². The SMILES string of the molecule is CC(C)CCNc1ccccc1Br. The monoisotopic (exact) mass is 241 g/mol. The molecule has 0 radical (unpaired) electrons. The molecule has 72 valence electrons. The van der Waals surface area contributed by atoms with Crippen molar-refractivity contribution in [3.05, 3.63) is 28.7 Å². The van der Waals surface area contributed by atoms with Gasteiger partial charge in [0.05, 0.1) is 0 Å². The zero-order valence-corrected chi connectivity index (χ0v) is 9.76. The molecule has 0 saturated heterocycles. The van der Waals surface area contributed by atoms with Crippen molar-refractivity contribution < 1.29 is 0 Å². The van der Waals surface area contributed by atoms with Crippen molar-refractivity contribution in [2.24, 2.45) is 5.92 Å². The molecule has 0 aliphatic rings. The van der Waals surface area contributed by atoms with Gasteiger partial charge in [0.15, 0.2) is 0 Å². The van der Waals surface area contributed by atoms with Crippen molar-refractivity contribution in [1.82, 2.24) is 0 Å². The average Bonchev–Trinajstić information content (AvgIpc) is 2.08. The Kier molecular flexibility index (Phi) is 4.29. The Morgan fingerprint density at radius 2 is 2.00 bits per heavy atom. The lowest BCUT2D eigenvalue weighted by Gasteiger charge is -2.09. The zero-order valence-electron chi connectivity index (χ0n) is 8.18. The third-order valence-corrected chi connectivity index (χ3v) is 2.60. The van der Waals surface area contributed by atoms with Crippen LogP contribution in [0.2, 0.25) is 0 Å². The minimum absolute atomic E-state index is 0.759. The maximum absolute atomic E-state index is 3.50. The summed E-state index contributed by atoms with van der Waals surface area (Å²) in [6.45, 7) is 5.52. The Hall–Kier alpha value is -0.500. The van der Waals surface area contributed by atoms with Crippen LogP contribution in [0.4, 0.5) is 5.69 Å². The molecule has 0 heterocycles. The lowest BCUT2D eigenvalue weighted by atomic mass is 10.1. The quantitative estimate of drug-likeness (QED) is 0.844. The minimum Gasteiger partial charge on any atom is -0.384 e. The van der Waals surface area contributed by atoms with Crippen LogP contribution in [-0.2, 0) is 0 Å². The predicted molar refractivity (Wildman–Crippen MR) is 62.1 cm³/mol. The molecular weight excluding hydrogens is 226 g/mol. The number of rotatable bonds is 4. The first kappa shape index (κ1) is 10.6. The van der Waals surface area contributed by atoms with Crippen LogP contribution in [0.1, 0.15) is 20.3 Å². The molecule has 1 aromatic rings. The van der Waals surface area contributed by atoms with Crippen LogP contribution < -0.4 is 5.32 Å². The molecule has 1 aromatic carbocycles. The average molecular weight is 242 g/mol. The number of anilines is 1. The number of hydrogen-bond acceptors (Lipinski definition) is 1. The number of halogens is 1. The first-order chi connectivity index (χ1) is 6.20. The number of hydrogen-bond donors (Lipinski definition) is 1. The van der Waals surface area contributed by atoms with Crippen molar-refractivity contribution in [2.45, 2.75) is 20.3 Å². The fourth-order valence-corrected chi connectivity index (χ4v) is 1.53. The second-order valence-electron chi connectivity index (χ2n) is 3.59. The van der Waals surface area contributed by atoms with Crippen LogP contribution in [0, 0.1) is 5.92 Å². The Bertz CT molecular complexity index is 258. The van der Waals surface area contributed by atoms with E-state index >= 15 is 0 Å². The molecule has 0 aliphatic heterocycles. The highest BCUT2D eigenvalue weighted by atomic mass is 79.9. The van der Waals surface area contributed by atoms with Gasteiger partial charge in [0.1, 0.15) is 0 Å². The van der Waals surface area contributed by atoms with Gasteiger partial charge in [0, 0.05) is 16.7 Å². The second kappa shape index (κ2) is 5.28. The molecule has 0 unspecified atom stereocenters. The number of benzene rings is 1. The molecule has 0 bridgehead atoms. The van der Waals surface area contributed by atoms with E-state index in [1.807, 2.05) is 12.1 Å². The van der Waals surface area contributed by atoms with Crippen LogP contribution in [0.25, 0.3) is 0 Å². The highest BCUT2D eigenvalue weighted by Crippen LogP contribution is 2.21. The van der Waals surface area contributed by atoms with E-state index < -0.39 is 0 Å². The van der Waals surface area contributed by atoms with Crippen molar-refractivity contribution in [1.29, 1.82) is 0 Å². The molecule has 13 heavy (non-hydrogen) atoms. The summed E-state index contributed by atoms with van der Waals surface area (Å²) in [5.74, 6) is 0.759. The van der Waals surface area contributed by atoms with E-state index in [4.69, 9.17) is 0 Å². The van der Waals surface area contributed by atoms with E-state index in [0.29, 0.717) is 0 Å². The maximum Gasteiger partial charge on any atom is 0.0484 e. The topological polar surface area (TPSA) is 12.0 Å². The van der Waals surface area contributed by atoms with Gasteiger partial charge >= 0.3 is 0 Å². The smallest absolute Gasteiger partial charge is 0.0484 e. The first-order valence-electron chi connectivity index (χ1n) is 4.68. The molecule has 0 spiro atoms. The molecule has 2 heteroatoms. The molecular formula is C11H16BrN. The molecule has 0 fully saturated rings. The summed E-state index contributed by atoms with van der Waals surface area (Å²) in [4.78, 5) is 0. The van der Waals surface area contributed by atoms with E-state index in [1.54, 1.807) is 0 Å². The highest BCUT2D eigenvalue weighted by Gasteiger charge is 1.97. The van der Waals surface area contributed by atoms with E-state index in [9.17, 15) is 0 Å². The summed E-state index contributed by atoms with van der Waals surface area (Å²) >= 11 is 3.50. The summed E-state index contributed by atoms with van der Waals surface area (Å²) in [5, 5.41) is 3.40. The van der Waals surface area contributed by atoms with Crippen molar-refractivity contribution in [2.75, 3.05) is 11.9 Å². The van der Waals surface area contributed by atoms with Crippen LogP contribution in [0.5, 0.6) is 0 Å². The lowest BCUT2D eigenvalue weighted by Crippen LogP contribution is -2.04. The largest absolute Gasteiger partial charge is 0.384 e. The summed E-state index contributed by atoms with van der Waals surface area (Å²) in [5.41, 5.74) is 1.18. The van der Waals surface area contributed by atoms with Crippen LogP contribution >= 0.6 is 15.9 Å². The molecule has 0 aromatic heterocycles. The maximum atomic E-state index is 3.50. The molecule has 0 aliphatic carbocycles. The normalized spacial score (nSPS) is 10.5. The van der Waals surface area contributed by atoms with Crippen LogP contribution in [-0.4, -0.2) is 6.54 Å². The summed E-state index contributed by atoms with van der Waals surface area (Å²) in [7, 11) is 0. The van der Waals surface area contributed by atoms with E-state index in [0.717, 1.165) is 16.9 Å². The van der Waals surface area contributed by atoms with E-state index in [-0.39, 0.29) is 0 Å². The third kappa shape index (κ3) is 3.81. The fourth-order valence-electron chi connectivity index (χ4n) is 1.10. The molecule has 1 nitrogen and oxygen atoms in total. The highest BCUT2D eigenvalue weighted by molar-refractivity contribution is 9.10. The molecule has 0 amide bonds. The van der Waals surface area contributed by atoms with Gasteiger partial charge in [0.2, 0.25) is 0 Å². The second-order valence-corrected chi connectivity index (χ2v) is 4.44. The Morgan fingerprint density at radius 1 is 1.31 bits per heavy atom. The Balaban J connectivity index is 2.41.